The van der Waals surface area contributed by atoms with Gasteiger partial charge in [0.25, 0.3) is 0 Å². The molecule has 0 aliphatic rings. The van der Waals surface area contributed by atoms with Crippen LogP contribution in [0.5, 0.6) is 11.5 Å². The van der Waals surface area contributed by atoms with Crippen molar-refractivity contribution < 1.29 is 9.66 Å². The maximum atomic E-state index is 11.0. The molecule has 0 aromatic heterocycles. The minimum absolute atomic E-state index is 0.0689. The van der Waals surface area contributed by atoms with E-state index in [1.807, 2.05) is 6.07 Å². The van der Waals surface area contributed by atoms with Crippen LogP contribution < -0.4 is 4.74 Å². The number of nitro benzene ring substituents is 1. The summed E-state index contributed by atoms with van der Waals surface area (Å²) in [4.78, 5) is 10.4. The highest BCUT2D eigenvalue weighted by molar-refractivity contribution is 6.30. The molecule has 2 aromatic carbocycles. The van der Waals surface area contributed by atoms with E-state index in [9.17, 15) is 10.1 Å². The Morgan fingerprint density at radius 1 is 1.25 bits per heavy atom. The number of aryl methyl sites for hydroxylation is 1. The van der Waals surface area contributed by atoms with Crippen molar-refractivity contribution in [1.82, 2.24) is 0 Å². The number of hydrogen-bond acceptors (Lipinski definition) is 4. The van der Waals surface area contributed by atoms with Crippen molar-refractivity contribution >= 4 is 17.3 Å². The lowest BCUT2D eigenvalue weighted by molar-refractivity contribution is -0.385. The van der Waals surface area contributed by atoms with Crippen LogP contribution in [-0.4, -0.2) is 4.92 Å². The standard InChI is InChI=1S/C14H9ClN2O3/c1-9-2-4-11(15)7-14(9)20-13-5-3-10(8-16)6-12(13)17(18)19/h2-7H,1H3. The van der Waals surface area contributed by atoms with Gasteiger partial charge in [-0.1, -0.05) is 17.7 Å². The molecule has 0 saturated heterocycles. The Morgan fingerprint density at radius 2 is 2.00 bits per heavy atom. The molecule has 0 radical (unpaired) electrons. The highest BCUT2D eigenvalue weighted by atomic mass is 35.5. The van der Waals surface area contributed by atoms with Gasteiger partial charge in [0.1, 0.15) is 5.75 Å². The Bertz CT molecular complexity index is 723. The van der Waals surface area contributed by atoms with Crippen LogP contribution in [0.2, 0.25) is 5.02 Å². The summed E-state index contributed by atoms with van der Waals surface area (Å²) in [5.74, 6) is 0.504. The Hall–Kier alpha value is -2.58. The van der Waals surface area contributed by atoms with E-state index >= 15 is 0 Å². The molecule has 6 heteroatoms. The van der Waals surface area contributed by atoms with Crippen LogP contribution in [0, 0.1) is 28.4 Å². The van der Waals surface area contributed by atoms with Gasteiger partial charge in [-0.25, -0.2) is 0 Å². The van der Waals surface area contributed by atoms with E-state index in [1.54, 1.807) is 25.1 Å². The Labute approximate surface area is 120 Å². The van der Waals surface area contributed by atoms with Gasteiger partial charge >= 0.3 is 5.69 Å². The van der Waals surface area contributed by atoms with Gasteiger partial charge in [-0.2, -0.15) is 5.26 Å². The zero-order chi connectivity index (χ0) is 14.7. The number of hydrogen-bond donors (Lipinski definition) is 0. The first-order chi connectivity index (χ1) is 9.51. The van der Waals surface area contributed by atoms with Crippen molar-refractivity contribution in [2.24, 2.45) is 0 Å². The average molecular weight is 289 g/mol. The van der Waals surface area contributed by atoms with Gasteiger partial charge in [-0.05, 0) is 36.8 Å². The molecule has 0 N–H and O–H groups in total. The lowest BCUT2D eigenvalue weighted by Gasteiger charge is -2.09. The van der Waals surface area contributed by atoms with Gasteiger partial charge < -0.3 is 4.74 Å². The van der Waals surface area contributed by atoms with Crippen LogP contribution in [0.15, 0.2) is 36.4 Å². The van der Waals surface area contributed by atoms with Gasteiger partial charge in [0.2, 0.25) is 5.75 Å². The third-order valence-electron chi connectivity index (χ3n) is 2.65. The molecule has 2 aromatic rings. The van der Waals surface area contributed by atoms with Crippen LogP contribution in [0.25, 0.3) is 0 Å². The van der Waals surface area contributed by atoms with Crippen LogP contribution in [0.4, 0.5) is 5.69 Å². The van der Waals surface area contributed by atoms with Crippen LogP contribution >= 0.6 is 11.6 Å². The Balaban J connectivity index is 2.46. The second-order valence-electron chi connectivity index (χ2n) is 4.06. The van der Waals surface area contributed by atoms with Crippen molar-refractivity contribution in [2.45, 2.75) is 6.92 Å². The van der Waals surface area contributed by atoms with E-state index in [2.05, 4.69) is 0 Å². The van der Waals surface area contributed by atoms with E-state index in [-0.39, 0.29) is 17.0 Å². The van der Waals surface area contributed by atoms with Gasteiger partial charge in [0.15, 0.2) is 0 Å². The highest BCUT2D eigenvalue weighted by Crippen LogP contribution is 2.34. The molecule has 0 heterocycles. The number of nitro groups is 1. The molecule has 0 bridgehead atoms. The van der Waals surface area contributed by atoms with Crippen molar-refractivity contribution in [1.29, 1.82) is 5.26 Å². The van der Waals surface area contributed by atoms with E-state index in [1.165, 1.54) is 18.2 Å². The number of nitriles is 1. The predicted molar refractivity (Wildman–Crippen MR) is 74.1 cm³/mol. The normalized spacial score (nSPS) is 9.85. The van der Waals surface area contributed by atoms with Crippen molar-refractivity contribution in [2.75, 3.05) is 0 Å². The molecule has 0 atom stereocenters. The summed E-state index contributed by atoms with van der Waals surface area (Å²) in [6, 6.07) is 10.9. The zero-order valence-corrected chi connectivity index (χ0v) is 11.2. The second-order valence-corrected chi connectivity index (χ2v) is 4.50. The van der Waals surface area contributed by atoms with Crippen molar-refractivity contribution in [3.63, 3.8) is 0 Å². The lowest BCUT2D eigenvalue weighted by atomic mass is 10.2. The monoisotopic (exact) mass is 288 g/mol. The van der Waals surface area contributed by atoms with Crippen molar-refractivity contribution in [3.8, 4) is 17.6 Å². The Morgan fingerprint density at radius 3 is 2.65 bits per heavy atom. The number of ether oxygens (including phenoxy) is 1. The average Bonchev–Trinajstić information content (AvgIpc) is 2.43. The summed E-state index contributed by atoms with van der Waals surface area (Å²) in [6.45, 7) is 1.81. The number of benzene rings is 2. The fourth-order valence-electron chi connectivity index (χ4n) is 1.62. The minimum Gasteiger partial charge on any atom is -0.450 e. The summed E-state index contributed by atoms with van der Waals surface area (Å²) >= 11 is 5.88. The topological polar surface area (TPSA) is 76.2 Å². The molecule has 0 unspecified atom stereocenters. The molecule has 0 aliphatic heterocycles. The summed E-state index contributed by atoms with van der Waals surface area (Å²) in [7, 11) is 0. The zero-order valence-electron chi connectivity index (χ0n) is 10.5. The molecule has 0 fully saturated rings. The largest absolute Gasteiger partial charge is 0.450 e. The molecule has 100 valence electrons. The van der Waals surface area contributed by atoms with Crippen LogP contribution in [-0.2, 0) is 0 Å². The fourth-order valence-corrected chi connectivity index (χ4v) is 1.78. The van der Waals surface area contributed by atoms with E-state index < -0.39 is 4.92 Å². The number of rotatable bonds is 3. The summed E-state index contributed by atoms with van der Waals surface area (Å²) < 4.78 is 5.55. The smallest absolute Gasteiger partial charge is 0.312 e. The van der Waals surface area contributed by atoms with Crippen LogP contribution in [0.1, 0.15) is 11.1 Å². The first-order valence-electron chi connectivity index (χ1n) is 5.64. The first kappa shape index (κ1) is 13.8. The Kier molecular flexibility index (Phi) is 3.87. The molecule has 2 rings (SSSR count). The maximum Gasteiger partial charge on any atom is 0.312 e. The fraction of sp³-hybridized carbons (Fsp3) is 0.0714. The van der Waals surface area contributed by atoms with E-state index in [4.69, 9.17) is 21.6 Å². The predicted octanol–water partition coefficient (Wildman–Crippen LogP) is 4.22. The molecule has 20 heavy (non-hydrogen) atoms. The van der Waals surface area contributed by atoms with Gasteiger partial charge in [0, 0.05) is 11.1 Å². The van der Waals surface area contributed by atoms with Gasteiger partial charge in [0.05, 0.1) is 16.6 Å². The third-order valence-corrected chi connectivity index (χ3v) is 2.89. The van der Waals surface area contributed by atoms with E-state index in [0.717, 1.165) is 5.56 Å². The lowest BCUT2D eigenvalue weighted by Crippen LogP contribution is -1.95. The van der Waals surface area contributed by atoms with Crippen molar-refractivity contribution in [3.05, 3.63) is 62.7 Å². The summed E-state index contributed by atoms with van der Waals surface area (Å²) in [5.41, 5.74) is 0.739. The molecule has 0 amide bonds. The van der Waals surface area contributed by atoms with E-state index in [0.29, 0.717) is 10.8 Å². The molecule has 0 saturated carbocycles. The maximum absolute atomic E-state index is 11.0. The summed E-state index contributed by atoms with van der Waals surface area (Å²) in [5, 5.41) is 20.3. The molecular weight excluding hydrogens is 280 g/mol. The first-order valence-corrected chi connectivity index (χ1v) is 6.01. The minimum atomic E-state index is -0.587. The number of halogens is 1. The number of nitrogens with zero attached hydrogens (tertiary/aromatic N) is 2. The molecular formula is C14H9ClN2O3. The third kappa shape index (κ3) is 2.87. The SMILES string of the molecule is Cc1ccc(Cl)cc1Oc1ccc(C#N)cc1[N+](=O)[O-]. The van der Waals surface area contributed by atoms with Crippen LogP contribution in [0.3, 0.4) is 0 Å². The summed E-state index contributed by atoms with van der Waals surface area (Å²) in [6.07, 6.45) is 0. The van der Waals surface area contributed by atoms with Gasteiger partial charge in [-0.15, -0.1) is 0 Å². The van der Waals surface area contributed by atoms with Gasteiger partial charge in [-0.3, -0.25) is 10.1 Å². The highest BCUT2D eigenvalue weighted by Gasteiger charge is 2.17. The molecule has 5 nitrogen and oxygen atoms in total. The molecule has 0 spiro atoms. The molecule has 0 aliphatic carbocycles. The quantitative estimate of drug-likeness (QED) is 0.626. The second kappa shape index (κ2) is 5.59.